The number of rotatable bonds is 3. The summed E-state index contributed by atoms with van der Waals surface area (Å²) in [5, 5.41) is 6.80. The fourth-order valence-electron chi connectivity index (χ4n) is 2.60. The van der Waals surface area contributed by atoms with Gasteiger partial charge in [0.25, 0.3) is 0 Å². The zero-order chi connectivity index (χ0) is 15.7. The SMILES string of the molecule is O=C1C=CC=CC1CCC1Nc2cc(Cl)c(Cl)cc2NC1=O. The van der Waals surface area contributed by atoms with Crippen LogP contribution in [0.1, 0.15) is 12.8 Å². The van der Waals surface area contributed by atoms with Gasteiger partial charge in [0, 0.05) is 5.92 Å². The molecule has 0 saturated carbocycles. The summed E-state index contributed by atoms with van der Waals surface area (Å²) in [5.74, 6) is -0.211. The lowest BCUT2D eigenvalue weighted by Crippen LogP contribution is -2.39. The van der Waals surface area contributed by atoms with E-state index in [2.05, 4.69) is 10.6 Å². The standard InChI is InChI=1S/C16H14Cl2N2O2/c17-10-7-13-14(8-11(10)18)20-16(22)12(19-13)6-5-9-3-1-2-4-15(9)21/h1-4,7-9,12,19H,5-6H2,(H,20,22). The summed E-state index contributed by atoms with van der Waals surface area (Å²) in [7, 11) is 0. The Morgan fingerprint density at radius 2 is 1.73 bits per heavy atom. The minimum atomic E-state index is -0.392. The number of carbonyl (C=O) groups is 2. The number of benzene rings is 1. The molecule has 2 N–H and O–H groups in total. The van der Waals surface area contributed by atoms with Crippen molar-refractivity contribution in [1.29, 1.82) is 0 Å². The lowest BCUT2D eigenvalue weighted by molar-refractivity contribution is -0.119. The number of anilines is 2. The first-order chi connectivity index (χ1) is 10.5. The average molecular weight is 337 g/mol. The summed E-state index contributed by atoms with van der Waals surface area (Å²) < 4.78 is 0. The Hall–Kier alpha value is -1.78. The van der Waals surface area contributed by atoms with Crippen LogP contribution in [0.3, 0.4) is 0 Å². The second-order valence-corrected chi connectivity index (χ2v) is 6.14. The summed E-state index contributed by atoms with van der Waals surface area (Å²) in [6.45, 7) is 0. The molecule has 1 aromatic carbocycles. The Labute approximate surface area is 138 Å². The molecule has 0 saturated heterocycles. The van der Waals surface area contributed by atoms with E-state index in [0.29, 0.717) is 28.6 Å². The molecule has 0 bridgehead atoms. The zero-order valence-corrected chi connectivity index (χ0v) is 13.1. The number of hydrogen-bond acceptors (Lipinski definition) is 3. The maximum atomic E-state index is 12.1. The number of ketones is 1. The summed E-state index contributed by atoms with van der Waals surface area (Å²) in [5.41, 5.74) is 1.36. The van der Waals surface area contributed by atoms with Crippen LogP contribution in [-0.2, 0) is 9.59 Å². The first-order valence-electron chi connectivity index (χ1n) is 7.00. The van der Waals surface area contributed by atoms with Gasteiger partial charge in [-0.3, -0.25) is 9.59 Å². The molecule has 0 radical (unpaired) electrons. The van der Waals surface area contributed by atoms with Crippen LogP contribution in [0.4, 0.5) is 11.4 Å². The second-order valence-electron chi connectivity index (χ2n) is 5.33. The Morgan fingerprint density at radius 1 is 1.00 bits per heavy atom. The quantitative estimate of drug-likeness (QED) is 0.882. The van der Waals surface area contributed by atoms with E-state index in [1.165, 1.54) is 0 Å². The molecule has 22 heavy (non-hydrogen) atoms. The lowest BCUT2D eigenvalue weighted by atomic mass is 9.92. The summed E-state index contributed by atoms with van der Waals surface area (Å²) in [6, 6.07) is 2.93. The molecule has 4 nitrogen and oxygen atoms in total. The van der Waals surface area contributed by atoms with Gasteiger partial charge in [-0.1, -0.05) is 41.4 Å². The van der Waals surface area contributed by atoms with E-state index in [9.17, 15) is 9.59 Å². The highest BCUT2D eigenvalue weighted by Gasteiger charge is 2.27. The van der Waals surface area contributed by atoms with Crippen molar-refractivity contribution in [3.63, 3.8) is 0 Å². The van der Waals surface area contributed by atoms with E-state index in [1.54, 1.807) is 24.3 Å². The van der Waals surface area contributed by atoms with Crippen molar-refractivity contribution in [3.8, 4) is 0 Å². The van der Waals surface area contributed by atoms with Crippen molar-refractivity contribution >= 4 is 46.3 Å². The largest absolute Gasteiger partial charge is 0.372 e. The van der Waals surface area contributed by atoms with Crippen molar-refractivity contribution in [2.24, 2.45) is 5.92 Å². The van der Waals surface area contributed by atoms with Crippen LogP contribution in [0.15, 0.2) is 36.4 Å². The number of nitrogens with one attached hydrogen (secondary N) is 2. The zero-order valence-electron chi connectivity index (χ0n) is 11.6. The predicted octanol–water partition coefficient (Wildman–Crippen LogP) is 3.82. The molecule has 2 aliphatic rings. The first-order valence-corrected chi connectivity index (χ1v) is 7.75. The monoisotopic (exact) mass is 336 g/mol. The van der Waals surface area contributed by atoms with Crippen molar-refractivity contribution in [2.75, 3.05) is 10.6 Å². The number of halogens is 2. The van der Waals surface area contributed by atoms with Gasteiger partial charge in [-0.05, 0) is 31.1 Å². The minimum absolute atomic E-state index is 0.0777. The predicted molar refractivity (Wildman–Crippen MR) is 88.5 cm³/mol. The van der Waals surface area contributed by atoms with Gasteiger partial charge < -0.3 is 10.6 Å². The highest BCUT2D eigenvalue weighted by atomic mass is 35.5. The highest BCUT2D eigenvalue weighted by Crippen LogP contribution is 2.35. The lowest BCUT2D eigenvalue weighted by Gasteiger charge is -2.28. The van der Waals surface area contributed by atoms with Crippen molar-refractivity contribution in [2.45, 2.75) is 18.9 Å². The van der Waals surface area contributed by atoms with Crippen molar-refractivity contribution < 1.29 is 9.59 Å². The number of carbonyl (C=O) groups excluding carboxylic acids is 2. The molecule has 1 aliphatic heterocycles. The Bertz CT molecular complexity index is 698. The Kier molecular flexibility index (Phi) is 4.23. The maximum Gasteiger partial charge on any atom is 0.246 e. The highest BCUT2D eigenvalue weighted by molar-refractivity contribution is 6.42. The fourth-order valence-corrected chi connectivity index (χ4v) is 2.93. The number of hydrogen-bond donors (Lipinski definition) is 2. The van der Waals surface area contributed by atoms with Gasteiger partial charge in [0.05, 0.1) is 21.4 Å². The van der Waals surface area contributed by atoms with Crippen molar-refractivity contribution in [3.05, 3.63) is 46.5 Å². The smallest absolute Gasteiger partial charge is 0.246 e. The van der Waals surface area contributed by atoms with Gasteiger partial charge in [0.1, 0.15) is 6.04 Å². The summed E-state index contributed by atoms with van der Waals surface area (Å²) in [6.07, 6.45) is 8.19. The molecule has 1 aliphatic carbocycles. The maximum absolute atomic E-state index is 12.1. The van der Waals surface area contributed by atoms with Gasteiger partial charge in [-0.2, -0.15) is 0 Å². The molecule has 3 rings (SSSR count). The molecule has 1 amide bonds. The van der Waals surface area contributed by atoms with Gasteiger partial charge >= 0.3 is 0 Å². The van der Waals surface area contributed by atoms with E-state index < -0.39 is 6.04 Å². The summed E-state index contributed by atoms with van der Waals surface area (Å²) >= 11 is 11.9. The molecule has 6 heteroatoms. The Balaban J connectivity index is 1.69. The van der Waals surface area contributed by atoms with Gasteiger partial charge in [0.15, 0.2) is 5.78 Å². The van der Waals surface area contributed by atoms with E-state index >= 15 is 0 Å². The Morgan fingerprint density at radius 3 is 2.45 bits per heavy atom. The van der Waals surface area contributed by atoms with Gasteiger partial charge in [-0.25, -0.2) is 0 Å². The molecule has 0 spiro atoms. The van der Waals surface area contributed by atoms with E-state index in [4.69, 9.17) is 23.2 Å². The molecule has 1 heterocycles. The van der Waals surface area contributed by atoms with Gasteiger partial charge in [0.2, 0.25) is 5.91 Å². The van der Waals surface area contributed by atoms with Crippen LogP contribution >= 0.6 is 23.2 Å². The molecule has 114 valence electrons. The molecule has 0 fully saturated rings. The van der Waals surface area contributed by atoms with E-state index in [1.807, 2.05) is 12.2 Å². The molecule has 2 atom stereocenters. The fraction of sp³-hybridized carbons (Fsp3) is 0.250. The van der Waals surface area contributed by atoms with Crippen LogP contribution in [0.2, 0.25) is 10.0 Å². The minimum Gasteiger partial charge on any atom is -0.372 e. The van der Waals surface area contributed by atoms with E-state index in [-0.39, 0.29) is 17.6 Å². The topological polar surface area (TPSA) is 58.2 Å². The third-order valence-corrected chi connectivity index (χ3v) is 4.53. The van der Waals surface area contributed by atoms with Crippen molar-refractivity contribution in [1.82, 2.24) is 0 Å². The van der Waals surface area contributed by atoms with Crippen LogP contribution in [-0.4, -0.2) is 17.7 Å². The van der Waals surface area contributed by atoms with Crippen LogP contribution in [0, 0.1) is 5.92 Å². The molecule has 0 aromatic heterocycles. The number of allylic oxidation sites excluding steroid dienone is 4. The molecule has 2 unspecified atom stereocenters. The third-order valence-electron chi connectivity index (χ3n) is 3.81. The molecule has 1 aromatic rings. The normalized spacial score (nSPS) is 23.0. The third kappa shape index (κ3) is 3.03. The van der Waals surface area contributed by atoms with Crippen LogP contribution in [0.25, 0.3) is 0 Å². The van der Waals surface area contributed by atoms with Gasteiger partial charge in [-0.15, -0.1) is 0 Å². The second kappa shape index (κ2) is 6.15. The number of amides is 1. The first kappa shape index (κ1) is 15.1. The van der Waals surface area contributed by atoms with E-state index in [0.717, 1.165) is 5.69 Å². The molecular formula is C16H14Cl2N2O2. The average Bonchev–Trinajstić information content (AvgIpc) is 2.48. The van der Waals surface area contributed by atoms with Crippen LogP contribution in [0.5, 0.6) is 0 Å². The molecular weight excluding hydrogens is 323 g/mol. The number of fused-ring (bicyclic) bond motifs is 1. The summed E-state index contributed by atoms with van der Waals surface area (Å²) in [4.78, 5) is 23.9. The van der Waals surface area contributed by atoms with Crippen LogP contribution < -0.4 is 10.6 Å².